The van der Waals surface area contributed by atoms with Crippen LogP contribution in [0.5, 0.6) is 0 Å². The SMILES string of the molecule is OC(CNCc1ccc(F)cc1F)c1ccsc1. The summed E-state index contributed by atoms with van der Waals surface area (Å²) >= 11 is 1.51. The van der Waals surface area contributed by atoms with Crippen molar-refractivity contribution in [1.82, 2.24) is 5.32 Å². The summed E-state index contributed by atoms with van der Waals surface area (Å²) in [5, 5.41) is 16.5. The van der Waals surface area contributed by atoms with Crippen LogP contribution >= 0.6 is 11.3 Å². The van der Waals surface area contributed by atoms with Crippen molar-refractivity contribution >= 4 is 11.3 Å². The highest BCUT2D eigenvalue weighted by molar-refractivity contribution is 7.07. The Kier molecular flexibility index (Phi) is 4.41. The molecule has 2 aromatic rings. The van der Waals surface area contributed by atoms with E-state index in [-0.39, 0.29) is 6.54 Å². The summed E-state index contributed by atoms with van der Waals surface area (Å²) < 4.78 is 26.0. The molecule has 1 atom stereocenters. The van der Waals surface area contributed by atoms with Crippen molar-refractivity contribution in [2.24, 2.45) is 0 Å². The van der Waals surface area contributed by atoms with Gasteiger partial charge in [0.1, 0.15) is 11.6 Å². The Balaban J connectivity index is 1.85. The van der Waals surface area contributed by atoms with E-state index in [0.29, 0.717) is 12.1 Å². The molecule has 1 aromatic heterocycles. The molecule has 0 saturated heterocycles. The van der Waals surface area contributed by atoms with Crippen LogP contribution < -0.4 is 5.32 Å². The molecular formula is C13H13F2NOS. The molecule has 0 bridgehead atoms. The average molecular weight is 269 g/mol. The third-order valence-corrected chi connectivity index (χ3v) is 3.30. The predicted octanol–water partition coefficient (Wildman–Crippen LogP) is 2.85. The van der Waals surface area contributed by atoms with Crippen LogP contribution in [0.15, 0.2) is 35.0 Å². The minimum atomic E-state index is -0.611. The summed E-state index contributed by atoms with van der Waals surface area (Å²) in [7, 11) is 0. The molecule has 1 heterocycles. The molecule has 0 saturated carbocycles. The second-order valence-corrected chi connectivity index (χ2v) is 4.72. The second-order valence-electron chi connectivity index (χ2n) is 3.94. The zero-order chi connectivity index (χ0) is 13.0. The van der Waals surface area contributed by atoms with Crippen LogP contribution in [-0.2, 0) is 6.54 Å². The summed E-state index contributed by atoms with van der Waals surface area (Å²) in [6.07, 6.45) is -0.611. The lowest BCUT2D eigenvalue weighted by molar-refractivity contribution is 0.174. The first-order valence-corrected chi connectivity index (χ1v) is 6.46. The third kappa shape index (κ3) is 3.35. The lowest BCUT2D eigenvalue weighted by Gasteiger charge is -2.11. The van der Waals surface area contributed by atoms with Gasteiger partial charge in [-0.15, -0.1) is 0 Å². The molecule has 18 heavy (non-hydrogen) atoms. The van der Waals surface area contributed by atoms with E-state index in [1.807, 2.05) is 16.8 Å². The fourth-order valence-electron chi connectivity index (χ4n) is 1.59. The molecule has 0 aliphatic carbocycles. The van der Waals surface area contributed by atoms with Crippen LogP contribution in [0, 0.1) is 11.6 Å². The van der Waals surface area contributed by atoms with E-state index in [4.69, 9.17) is 0 Å². The van der Waals surface area contributed by atoms with Gasteiger partial charge in [0.2, 0.25) is 0 Å². The van der Waals surface area contributed by atoms with Crippen LogP contribution in [0.25, 0.3) is 0 Å². The van der Waals surface area contributed by atoms with Gasteiger partial charge in [-0.3, -0.25) is 0 Å². The van der Waals surface area contributed by atoms with Crippen LogP contribution in [0.1, 0.15) is 17.2 Å². The summed E-state index contributed by atoms with van der Waals surface area (Å²) in [5.41, 5.74) is 1.22. The zero-order valence-corrected chi connectivity index (χ0v) is 10.4. The highest BCUT2D eigenvalue weighted by atomic mass is 32.1. The van der Waals surface area contributed by atoms with Gasteiger partial charge in [-0.05, 0) is 28.5 Å². The lowest BCUT2D eigenvalue weighted by atomic mass is 10.2. The van der Waals surface area contributed by atoms with Crippen molar-refractivity contribution in [3.8, 4) is 0 Å². The molecule has 0 aliphatic heterocycles. The first-order chi connectivity index (χ1) is 8.66. The molecule has 0 fully saturated rings. The Morgan fingerprint density at radius 1 is 1.28 bits per heavy atom. The summed E-state index contributed by atoms with van der Waals surface area (Å²) in [6.45, 7) is 0.584. The third-order valence-electron chi connectivity index (χ3n) is 2.60. The first kappa shape index (κ1) is 13.1. The Hall–Kier alpha value is -1.30. The molecular weight excluding hydrogens is 256 g/mol. The molecule has 2 rings (SSSR count). The number of aliphatic hydroxyl groups is 1. The van der Waals surface area contributed by atoms with Gasteiger partial charge in [-0.25, -0.2) is 8.78 Å². The quantitative estimate of drug-likeness (QED) is 0.875. The molecule has 2 nitrogen and oxygen atoms in total. The topological polar surface area (TPSA) is 32.3 Å². The zero-order valence-electron chi connectivity index (χ0n) is 9.57. The Labute approximate surface area is 108 Å². The summed E-state index contributed by atoms with van der Waals surface area (Å²) in [5.74, 6) is -1.16. The van der Waals surface area contributed by atoms with Gasteiger partial charge in [0, 0.05) is 24.7 Å². The van der Waals surface area contributed by atoms with E-state index >= 15 is 0 Å². The molecule has 1 aromatic carbocycles. The standard InChI is InChI=1S/C13H13F2NOS/c14-11-2-1-9(12(15)5-11)6-16-7-13(17)10-3-4-18-8-10/h1-5,8,13,16-17H,6-7H2. The molecule has 1 unspecified atom stereocenters. The smallest absolute Gasteiger partial charge is 0.130 e. The number of nitrogens with one attached hydrogen (secondary N) is 1. The highest BCUT2D eigenvalue weighted by Crippen LogP contribution is 2.15. The summed E-state index contributed by atoms with van der Waals surface area (Å²) in [4.78, 5) is 0. The number of thiophene rings is 1. The second kappa shape index (κ2) is 6.04. The average Bonchev–Trinajstić information content (AvgIpc) is 2.85. The van der Waals surface area contributed by atoms with Crippen molar-refractivity contribution < 1.29 is 13.9 Å². The van der Waals surface area contributed by atoms with Crippen molar-refractivity contribution in [1.29, 1.82) is 0 Å². The van der Waals surface area contributed by atoms with E-state index in [2.05, 4.69) is 5.32 Å². The van der Waals surface area contributed by atoms with Crippen molar-refractivity contribution in [3.63, 3.8) is 0 Å². The van der Waals surface area contributed by atoms with Crippen molar-refractivity contribution in [2.45, 2.75) is 12.6 Å². The monoisotopic (exact) mass is 269 g/mol. The molecule has 2 N–H and O–H groups in total. The summed E-state index contributed by atoms with van der Waals surface area (Å²) in [6, 6.07) is 5.31. The Morgan fingerprint density at radius 3 is 2.78 bits per heavy atom. The van der Waals surface area contributed by atoms with Gasteiger partial charge in [-0.1, -0.05) is 6.07 Å². The highest BCUT2D eigenvalue weighted by Gasteiger charge is 2.08. The van der Waals surface area contributed by atoms with Gasteiger partial charge in [-0.2, -0.15) is 11.3 Å². The van der Waals surface area contributed by atoms with Crippen LogP contribution in [0.3, 0.4) is 0 Å². The number of hydrogen-bond donors (Lipinski definition) is 2. The maximum absolute atomic E-state index is 13.3. The fraction of sp³-hybridized carbons (Fsp3) is 0.231. The van der Waals surface area contributed by atoms with Gasteiger partial charge in [0.15, 0.2) is 0 Å². The van der Waals surface area contributed by atoms with E-state index in [1.54, 1.807) is 0 Å². The lowest BCUT2D eigenvalue weighted by Crippen LogP contribution is -2.21. The minimum Gasteiger partial charge on any atom is -0.387 e. The van der Waals surface area contributed by atoms with E-state index in [9.17, 15) is 13.9 Å². The Morgan fingerprint density at radius 2 is 2.11 bits per heavy atom. The van der Waals surface area contributed by atoms with Crippen molar-refractivity contribution in [2.75, 3.05) is 6.54 Å². The number of hydrogen-bond acceptors (Lipinski definition) is 3. The number of benzene rings is 1. The first-order valence-electron chi connectivity index (χ1n) is 5.51. The molecule has 0 spiro atoms. The fourth-order valence-corrected chi connectivity index (χ4v) is 2.30. The number of rotatable bonds is 5. The van der Waals surface area contributed by atoms with Gasteiger partial charge < -0.3 is 10.4 Å². The molecule has 0 amide bonds. The number of halogens is 2. The normalized spacial score (nSPS) is 12.6. The maximum atomic E-state index is 13.3. The van der Waals surface area contributed by atoms with Crippen molar-refractivity contribution in [3.05, 3.63) is 57.8 Å². The number of aliphatic hydroxyl groups excluding tert-OH is 1. The largest absolute Gasteiger partial charge is 0.387 e. The van der Waals surface area contributed by atoms with E-state index < -0.39 is 17.7 Å². The minimum absolute atomic E-state index is 0.257. The van der Waals surface area contributed by atoms with Gasteiger partial charge in [0.25, 0.3) is 0 Å². The maximum Gasteiger partial charge on any atom is 0.130 e. The van der Waals surface area contributed by atoms with Crippen LogP contribution in [-0.4, -0.2) is 11.7 Å². The van der Waals surface area contributed by atoms with E-state index in [1.165, 1.54) is 23.5 Å². The molecule has 0 aliphatic rings. The molecule has 0 radical (unpaired) electrons. The van der Waals surface area contributed by atoms with Gasteiger partial charge in [0.05, 0.1) is 6.10 Å². The van der Waals surface area contributed by atoms with E-state index in [0.717, 1.165) is 11.6 Å². The Bertz CT molecular complexity index is 502. The predicted molar refractivity (Wildman–Crippen MR) is 67.3 cm³/mol. The van der Waals surface area contributed by atoms with Crippen LogP contribution in [0.2, 0.25) is 0 Å². The molecule has 5 heteroatoms. The van der Waals surface area contributed by atoms with Gasteiger partial charge >= 0.3 is 0 Å². The molecule has 96 valence electrons. The van der Waals surface area contributed by atoms with Crippen LogP contribution in [0.4, 0.5) is 8.78 Å².